The zero-order chi connectivity index (χ0) is 27.6. The molecule has 7 atom stereocenters. The van der Waals surface area contributed by atoms with E-state index >= 15 is 0 Å². The summed E-state index contributed by atoms with van der Waals surface area (Å²) >= 11 is 12.4. The van der Waals surface area contributed by atoms with Crippen molar-refractivity contribution in [2.45, 2.75) is 188 Å². The molecule has 0 spiro atoms. The van der Waals surface area contributed by atoms with Gasteiger partial charge in [0.15, 0.2) is 0 Å². The Morgan fingerprint density at radius 2 is 1.10 bits per heavy atom. The quantitative estimate of drug-likeness (QED) is 0.274. The summed E-state index contributed by atoms with van der Waals surface area (Å²) in [7, 11) is 0. The van der Waals surface area contributed by atoms with Gasteiger partial charge in [0.05, 0.1) is 5.38 Å². The molecule has 6 unspecified atom stereocenters. The molecular formula is C36H57ClN2S2. The summed E-state index contributed by atoms with van der Waals surface area (Å²) in [5, 5.41) is 7.27. The summed E-state index contributed by atoms with van der Waals surface area (Å²) in [4.78, 5) is 6.10. The smallest absolute Gasteiger partial charge is 0.0742 e. The Morgan fingerprint density at radius 1 is 0.537 bits per heavy atom. The van der Waals surface area contributed by atoms with Crippen LogP contribution in [-0.2, 0) is 0 Å². The average molecular weight is 617 g/mol. The predicted octanol–water partition coefficient (Wildman–Crippen LogP) is 10.9. The Kier molecular flexibility index (Phi) is 10.2. The average Bonchev–Trinajstić information content (AvgIpc) is 3.43. The van der Waals surface area contributed by atoms with E-state index < -0.39 is 0 Å². The van der Waals surface area contributed by atoms with E-state index in [1.807, 2.05) is 0 Å². The molecule has 2 bridgehead atoms. The molecule has 0 aromatic carbocycles. The fourth-order valence-corrected chi connectivity index (χ4v) is 13.4. The first-order valence-electron chi connectivity index (χ1n) is 18.2. The second kappa shape index (κ2) is 14.0. The standard InChI is InChI=1S/C36H57ClN2S2/c37-36-31(38(27-14-5-2-6-15-27)33-24-40-29-18-9-1-4-13-26(33)23-29)20-12-21-32(36)39(28-16-7-3-8-17-28)34-25-41-35-22-11-10-19-30(34)35/h24-32,35-36H,1-23H2/t26-,29?,30?,31?,32?,35?,36?/m0/s1. The topological polar surface area (TPSA) is 6.48 Å². The van der Waals surface area contributed by atoms with Gasteiger partial charge in [-0.3, -0.25) is 0 Å². The molecule has 5 heteroatoms. The number of hydrogen-bond donors (Lipinski definition) is 0. The van der Waals surface area contributed by atoms with Crippen LogP contribution in [-0.4, -0.2) is 49.8 Å². The molecule has 0 aromatic rings. The molecule has 41 heavy (non-hydrogen) atoms. The Balaban J connectivity index is 1.20. The Labute approximate surface area is 265 Å². The zero-order valence-corrected chi connectivity index (χ0v) is 28.1. The third-order valence-electron chi connectivity index (χ3n) is 12.4. The van der Waals surface area contributed by atoms with E-state index in [1.165, 1.54) is 148 Å². The molecule has 0 aromatic heterocycles. The maximum Gasteiger partial charge on any atom is 0.0742 e. The third-order valence-corrected chi connectivity index (χ3v) is 15.4. The van der Waals surface area contributed by atoms with Crippen LogP contribution in [0.1, 0.15) is 148 Å². The van der Waals surface area contributed by atoms with Crippen molar-refractivity contribution in [1.29, 1.82) is 0 Å². The van der Waals surface area contributed by atoms with E-state index in [0.717, 1.165) is 34.4 Å². The molecule has 2 heterocycles. The van der Waals surface area contributed by atoms with Crippen LogP contribution in [0.15, 0.2) is 22.2 Å². The molecule has 7 rings (SSSR count). The van der Waals surface area contributed by atoms with Crippen LogP contribution in [0.2, 0.25) is 0 Å². The van der Waals surface area contributed by atoms with Gasteiger partial charge in [0.2, 0.25) is 0 Å². The first-order valence-corrected chi connectivity index (χ1v) is 20.5. The SMILES string of the molecule is ClC1C(N(C2=CSC3CCCCC23)C2CCCCC2)CCCC1N(C1=CSC2CCCCC[C@H]1C2)C1CCCCC1. The van der Waals surface area contributed by atoms with Crippen molar-refractivity contribution in [3.63, 3.8) is 0 Å². The van der Waals surface area contributed by atoms with Crippen molar-refractivity contribution in [3.8, 4) is 0 Å². The maximum atomic E-state index is 7.99. The monoisotopic (exact) mass is 616 g/mol. The van der Waals surface area contributed by atoms with Gasteiger partial charge in [-0.15, -0.1) is 35.1 Å². The molecule has 0 amide bonds. The highest BCUT2D eigenvalue weighted by Crippen LogP contribution is 2.51. The van der Waals surface area contributed by atoms with Gasteiger partial charge in [-0.25, -0.2) is 0 Å². The van der Waals surface area contributed by atoms with Crippen LogP contribution in [0.3, 0.4) is 0 Å². The first-order chi connectivity index (χ1) is 20.3. The fourth-order valence-electron chi connectivity index (χ4n) is 10.3. The molecule has 5 fully saturated rings. The summed E-state index contributed by atoms with van der Waals surface area (Å²) in [5.41, 5.74) is 3.48. The second-order valence-corrected chi connectivity index (χ2v) is 17.7. The van der Waals surface area contributed by atoms with Crippen LogP contribution >= 0.6 is 35.1 Å². The van der Waals surface area contributed by atoms with Crippen molar-refractivity contribution in [2.24, 2.45) is 11.8 Å². The van der Waals surface area contributed by atoms with E-state index in [1.54, 1.807) is 11.4 Å². The van der Waals surface area contributed by atoms with Crippen molar-refractivity contribution in [1.82, 2.24) is 9.80 Å². The highest BCUT2D eigenvalue weighted by molar-refractivity contribution is 8.03. The predicted molar refractivity (Wildman–Crippen MR) is 181 cm³/mol. The van der Waals surface area contributed by atoms with Crippen molar-refractivity contribution in [3.05, 3.63) is 22.2 Å². The van der Waals surface area contributed by atoms with Crippen molar-refractivity contribution < 1.29 is 0 Å². The Morgan fingerprint density at radius 3 is 1.80 bits per heavy atom. The largest absolute Gasteiger partial charge is 0.367 e. The first kappa shape index (κ1) is 29.8. The lowest BCUT2D eigenvalue weighted by molar-refractivity contribution is 0.0474. The molecular weight excluding hydrogens is 560 g/mol. The zero-order valence-electron chi connectivity index (χ0n) is 25.7. The summed E-state index contributed by atoms with van der Waals surface area (Å²) < 4.78 is 0. The number of alkyl halides is 1. The highest BCUT2D eigenvalue weighted by atomic mass is 35.5. The lowest BCUT2D eigenvalue weighted by Gasteiger charge is -2.54. The molecule has 230 valence electrons. The van der Waals surface area contributed by atoms with Crippen LogP contribution in [0.25, 0.3) is 0 Å². The number of hydrogen-bond acceptors (Lipinski definition) is 4. The van der Waals surface area contributed by atoms with Gasteiger partial charge >= 0.3 is 0 Å². The minimum Gasteiger partial charge on any atom is -0.367 e. The summed E-state index contributed by atoms with van der Waals surface area (Å²) in [6, 6.07) is 2.46. The molecule has 5 saturated carbocycles. The Bertz CT molecular complexity index is 925. The number of halogens is 1. The molecule has 2 aliphatic heterocycles. The minimum atomic E-state index is 0.235. The van der Waals surface area contributed by atoms with Crippen LogP contribution in [0, 0.1) is 11.8 Å². The van der Waals surface area contributed by atoms with Gasteiger partial charge in [0, 0.05) is 57.9 Å². The van der Waals surface area contributed by atoms with Crippen LogP contribution in [0.4, 0.5) is 0 Å². The Hall–Kier alpha value is 0.0700. The maximum absolute atomic E-state index is 7.99. The minimum absolute atomic E-state index is 0.235. The second-order valence-electron chi connectivity index (χ2n) is 14.9. The van der Waals surface area contributed by atoms with Crippen molar-refractivity contribution in [2.75, 3.05) is 0 Å². The van der Waals surface area contributed by atoms with Gasteiger partial charge in [0.1, 0.15) is 0 Å². The third kappa shape index (κ3) is 6.43. The van der Waals surface area contributed by atoms with E-state index in [2.05, 4.69) is 44.1 Å². The molecule has 2 nitrogen and oxygen atoms in total. The van der Waals surface area contributed by atoms with Gasteiger partial charge in [-0.05, 0) is 87.9 Å². The van der Waals surface area contributed by atoms with Gasteiger partial charge in [-0.1, -0.05) is 70.6 Å². The van der Waals surface area contributed by atoms with Gasteiger partial charge in [0.25, 0.3) is 0 Å². The normalized spacial score (nSPS) is 39.2. The number of nitrogens with zero attached hydrogens (tertiary/aromatic N) is 2. The van der Waals surface area contributed by atoms with E-state index in [4.69, 9.17) is 11.6 Å². The number of allylic oxidation sites excluding steroid dienone is 2. The fraction of sp³-hybridized carbons (Fsp3) is 0.889. The number of thioether (sulfide) groups is 2. The van der Waals surface area contributed by atoms with Crippen LogP contribution in [0.5, 0.6) is 0 Å². The lowest BCUT2D eigenvalue weighted by atomic mass is 9.79. The van der Waals surface area contributed by atoms with E-state index in [-0.39, 0.29) is 5.38 Å². The molecule has 0 saturated heterocycles. The van der Waals surface area contributed by atoms with Crippen LogP contribution < -0.4 is 0 Å². The molecule has 0 radical (unpaired) electrons. The summed E-state index contributed by atoms with van der Waals surface area (Å²) in [6.07, 6.45) is 32.4. The lowest BCUT2D eigenvalue weighted by Crippen LogP contribution is -2.59. The summed E-state index contributed by atoms with van der Waals surface area (Å²) in [5.74, 6) is 1.57. The van der Waals surface area contributed by atoms with Gasteiger partial charge < -0.3 is 9.80 Å². The highest BCUT2D eigenvalue weighted by Gasteiger charge is 2.47. The molecule has 7 aliphatic rings. The van der Waals surface area contributed by atoms with Crippen molar-refractivity contribution >= 4 is 35.1 Å². The number of rotatable bonds is 6. The summed E-state index contributed by atoms with van der Waals surface area (Å²) in [6.45, 7) is 0. The number of fused-ring (bicyclic) bond motifs is 3. The van der Waals surface area contributed by atoms with Gasteiger partial charge in [-0.2, -0.15) is 0 Å². The van der Waals surface area contributed by atoms with E-state index in [0.29, 0.717) is 12.1 Å². The molecule has 5 aliphatic carbocycles. The molecule has 0 N–H and O–H groups in total. The van der Waals surface area contributed by atoms with E-state index in [9.17, 15) is 0 Å².